The second-order valence-electron chi connectivity index (χ2n) is 9.57. The van der Waals surface area contributed by atoms with Crippen LogP contribution in [-0.2, 0) is 21.4 Å². The molecule has 2 aliphatic rings. The predicted octanol–water partition coefficient (Wildman–Crippen LogP) is 4.79. The van der Waals surface area contributed by atoms with Crippen LogP contribution in [0.5, 0.6) is 0 Å². The molecule has 5 heteroatoms. The number of hydrogen-bond acceptors (Lipinski definition) is 3. The lowest BCUT2D eigenvalue weighted by Crippen LogP contribution is -2.50. The summed E-state index contributed by atoms with van der Waals surface area (Å²) in [5, 5.41) is 1.16. The van der Waals surface area contributed by atoms with Crippen LogP contribution >= 0.6 is 0 Å². The molecule has 2 fully saturated rings. The van der Waals surface area contributed by atoms with Crippen molar-refractivity contribution < 1.29 is 9.53 Å². The van der Waals surface area contributed by atoms with Gasteiger partial charge in [-0.15, -0.1) is 0 Å². The molecule has 3 aromatic rings. The number of aryl methyl sites for hydroxylation is 1. The second kappa shape index (κ2) is 9.07. The van der Waals surface area contributed by atoms with E-state index < -0.39 is 5.41 Å². The largest absolute Gasteiger partial charge is 0.381 e. The van der Waals surface area contributed by atoms with Crippen LogP contribution in [0.2, 0.25) is 0 Å². The quantitative estimate of drug-likeness (QED) is 0.646. The van der Waals surface area contributed by atoms with E-state index in [4.69, 9.17) is 9.72 Å². The minimum Gasteiger partial charge on any atom is -0.381 e. The molecule has 0 bridgehead atoms. The average Bonchev–Trinajstić information content (AvgIpc) is 3.17. The molecular formula is C27H33N3O2. The highest BCUT2D eigenvalue weighted by molar-refractivity contribution is 5.88. The zero-order valence-corrected chi connectivity index (χ0v) is 19.0. The monoisotopic (exact) mass is 431 g/mol. The smallest absolute Gasteiger partial charge is 0.233 e. The van der Waals surface area contributed by atoms with Gasteiger partial charge in [-0.05, 0) is 75.1 Å². The Hall–Kier alpha value is -2.66. The van der Waals surface area contributed by atoms with Crippen molar-refractivity contribution in [2.75, 3.05) is 26.3 Å². The summed E-state index contributed by atoms with van der Waals surface area (Å²) >= 11 is 0. The Morgan fingerprint density at radius 2 is 1.91 bits per heavy atom. The number of ether oxygens (including phenoxy) is 1. The Morgan fingerprint density at radius 1 is 1.09 bits per heavy atom. The fourth-order valence-corrected chi connectivity index (χ4v) is 5.47. The average molecular weight is 432 g/mol. The molecule has 0 radical (unpaired) electrons. The van der Waals surface area contributed by atoms with Gasteiger partial charge < -0.3 is 14.6 Å². The number of pyridine rings is 1. The standard InChI is InChI=1S/C27H33N3O2/c1-20-4-7-23(8-5-20)27(12-17-32-18-13-27)26(31)30-15-2-3-21(11-16-30)19-24-9-6-22-10-14-28-25(22)29-24/h4-10,14,21H,2-3,11-13,15-19H2,1H3,(H,28,29)/t21-/m0/s1. The number of carbonyl (C=O) groups excluding carboxylic acids is 1. The SMILES string of the molecule is Cc1ccc(C2(C(=O)N3CCC[C@H](Cc4ccc5cc[nH]c5n4)CC3)CCOCC2)cc1. The van der Waals surface area contributed by atoms with Gasteiger partial charge in [0.05, 0.1) is 5.41 Å². The first-order valence-corrected chi connectivity index (χ1v) is 12.0. The lowest BCUT2D eigenvalue weighted by Gasteiger charge is -2.40. The van der Waals surface area contributed by atoms with Crippen molar-refractivity contribution in [1.82, 2.24) is 14.9 Å². The number of hydrogen-bond donors (Lipinski definition) is 1. The summed E-state index contributed by atoms with van der Waals surface area (Å²) in [6.45, 7) is 5.10. The summed E-state index contributed by atoms with van der Waals surface area (Å²) in [5.74, 6) is 0.869. The van der Waals surface area contributed by atoms with E-state index in [0.717, 1.165) is 73.9 Å². The van der Waals surface area contributed by atoms with Crippen molar-refractivity contribution in [3.05, 3.63) is 65.5 Å². The van der Waals surface area contributed by atoms with Gasteiger partial charge >= 0.3 is 0 Å². The van der Waals surface area contributed by atoms with E-state index in [-0.39, 0.29) is 0 Å². The van der Waals surface area contributed by atoms with Crippen LogP contribution in [0.15, 0.2) is 48.7 Å². The highest BCUT2D eigenvalue weighted by Gasteiger charge is 2.44. The number of aromatic amines is 1. The molecule has 32 heavy (non-hydrogen) atoms. The topological polar surface area (TPSA) is 58.2 Å². The molecule has 0 unspecified atom stereocenters. The van der Waals surface area contributed by atoms with E-state index in [1.54, 1.807) is 0 Å². The predicted molar refractivity (Wildman–Crippen MR) is 127 cm³/mol. The minimum absolute atomic E-state index is 0.302. The molecule has 168 valence electrons. The molecule has 2 saturated heterocycles. The number of likely N-dealkylation sites (tertiary alicyclic amines) is 1. The fraction of sp³-hybridized carbons (Fsp3) is 0.481. The normalized spacial score (nSPS) is 21.4. The van der Waals surface area contributed by atoms with Crippen LogP contribution in [0, 0.1) is 12.8 Å². The number of H-pyrrole nitrogens is 1. The third kappa shape index (κ3) is 4.18. The van der Waals surface area contributed by atoms with Crippen molar-refractivity contribution in [3.63, 3.8) is 0 Å². The molecule has 1 aromatic carbocycles. The van der Waals surface area contributed by atoms with E-state index in [2.05, 4.69) is 59.3 Å². The summed E-state index contributed by atoms with van der Waals surface area (Å²) < 4.78 is 5.66. The van der Waals surface area contributed by atoms with Gasteiger partial charge in [-0.3, -0.25) is 4.79 Å². The van der Waals surface area contributed by atoms with E-state index in [1.165, 1.54) is 5.56 Å². The molecule has 0 saturated carbocycles. The van der Waals surface area contributed by atoms with Gasteiger partial charge in [0.2, 0.25) is 5.91 Å². The molecule has 4 heterocycles. The van der Waals surface area contributed by atoms with Crippen LogP contribution in [-0.4, -0.2) is 47.1 Å². The van der Waals surface area contributed by atoms with Crippen molar-refractivity contribution in [3.8, 4) is 0 Å². The highest BCUT2D eigenvalue weighted by atomic mass is 16.5. The van der Waals surface area contributed by atoms with Crippen molar-refractivity contribution in [1.29, 1.82) is 0 Å². The number of nitrogens with one attached hydrogen (secondary N) is 1. The van der Waals surface area contributed by atoms with Gasteiger partial charge in [0.15, 0.2) is 0 Å². The molecule has 5 rings (SSSR count). The number of amides is 1. The van der Waals surface area contributed by atoms with Gasteiger partial charge in [0.25, 0.3) is 0 Å². The second-order valence-corrected chi connectivity index (χ2v) is 9.57. The van der Waals surface area contributed by atoms with Gasteiger partial charge in [0.1, 0.15) is 5.65 Å². The molecule has 2 aliphatic heterocycles. The van der Waals surface area contributed by atoms with E-state index in [1.807, 2.05) is 6.20 Å². The first kappa shape index (κ1) is 21.2. The molecule has 0 spiro atoms. The van der Waals surface area contributed by atoms with Crippen LogP contribution < -0.4 is 0 Å². The summed E-state index contributed by atoms with van der Waals surface area (Å²) in [7, 11) is 0. The van der Waals surface area contributed by atoms with Crippen molar-refractivity contribution in [2.24, 2.45) is 5.92 Å². The number of fused-ring (bicyclic) bond motifs is 1. The highest BCUT2D eigenvalue weighted by Crippen LogP contribution is 2.38. The van der Waals surface area contributed by atoms with Crippen LogP contribution in [0.3, 0.4) is 0 Å². The zero-order chi connectivity index (χ0) is 22.0. The molecule has 5 nitrogen and oxygen atoms in total. The van der Waals surface area contributed by atoms with Gasteiger partial charge in [0, 0.05) is 43.6 Å². The van der Waals surface area contributed by atoms with E-state index in [9.17, 15) is 4.79 Å². The van der Waals surface area contributed by atoms with Crippen molar-refractivity contribution >= 4 is 16.9 Å². The van der Waals surface area contributed by atoms with Gasteiger partial charge in [-0.2, -0.15) is 0 Å². The van der Waals surface area contributed by atoms with Gasteiger partial charge in [-0.25, -0.2) is 4.98 Å². The lowest BCUT2D eigenvalue weighted by molar-refractivity contribution is -0.141. The minimum atomic E-state index is -0.438. The molecule has 2 aromatic heterocycles. The number of aromatic nitrogens is 2. The summed E-state index contributed by atoms with van der Waals surface area (Å²) in [5.41, 5.74) is 4.05. The number of nitrogens with zero attached hydrogens (tertiary/aromatic N) is 2. The van der Waals surface area contributed by atoms with Crippen LogP contribution in [0.4, 0.5) is 0 Å². The third-order valence-electron chi connectivity index (χ3n) is 7.46. The number of benzene rings is 1. The Morgan fingerprint density at radius 3 is 2.72 bits per heavy atom. The first-order valence-electron chi connectivity index (χ1n) is 12.0. The van der Waals surface area contributed by atoms with Crippen LogP contribution in [0.1, 0.15) is 48.9 Å². The number of rotatable bonds is 4. The van der Waals surface area contributed by atoms with E-state index >= 15 is 0 Å². The Balaban J connectivity index is 1.30. The number of carbonyl (C=O) groups is 1. The Kier molecular flexibility index (Phi) is 6.01. The lowest BCUT2D eigenvalue weighted by atomic mass is 9.72. The van der Waals surface area contributed by atoms with Crippen molar-refractivity contribution in [2.45, 2.75) is 50.9 Å². The molecule has 1 atom stereocenters. The van der Waals surface area contributed by atoms with Crippen LogP contribution in [0.25, 0.3) is 11.0 Å². The summed E-state index contributed by atoms with van der Waals surface area (Å²) in [6.07, 6.45) is 7.71. The zero-order valence-electron chi connectivity index (χ0n) is 19.0. The molecule has 0 aliphatic carbocycles. The summed E-state index contributed by atoms with van der Waals surface area (Å²) in [4.78, 5) is 24.1. The first-order chi connectivity index (χ1) is 15.6. The summed E-state index contributed by atoms with van der Waals surface area (Å²) in [6, 6.07) is 14.9. The molecule has 1 amide bonds. The van der Waals surface area contributed by atoms with E-state index in [0.29, 0.717) is 25.0 Å². The maximum atomic E-state index is 13.9. The van der Waals surface area contributed by atoms with Gasteiger partial charge in [-0.1, -0.05) is 29.8 Å². The third-order valence-corrected chi connectivity index (χ3v) is 7.46. The maximum Gasteiger partial charge on any atom is 0.233 e. The fourth-order valence-electron chi connectivity index (χ4n) is 5.47. The Bertz CT molecular complexity index is 1070. The molecule has 1 N–H and O–H groups in total. The molecular weight excluding hydrogens is 398 g/mol. The Labute approximate surface area is 190 Å². The maximum absolute atomic E-state index is 13.9.